The Morgan fingerprint density at radius 2 is 2.25 bits per heavy atom. The van der Waals surface area contributed by atoms with E-state index >= 15 is 0 Å². The number of allylic oxidation sites excluding steroid dienone is 1. The van der Waals surface area contributed by atoms with E-state index in [1.165, 1.54) is 0 Å². The van der Waals surface area contributed by atoms with Gasteiger partial charge < -0.3 is 5.11 Å². The molecule has 2 nitrogen and oxygen atoms in total. The first-order valence-electron chi connectivity index (χ1n) is 2.54. The quantitative estimate of drug-likeness (QED) is 0.549. The summed E-state index contributed by atoms with van der Waals surface area (Å²) >= 11 is 0. The van der Waals surface area contributed by atoms with Crippen molar-refractivity contribution < 1.29 is 9.90 Å². The Morgan fingerprint density at radius 1 is 1.75 bits per heavy atom. The third kappa shape index (κ3) is 2.39. The van der Waals surface area contributed by atoms with E-state index in [0.717, 1.165) is 0 Å². The Bertz CT molecular complexity index is 105. The average molecular weight is 114 g/mol. The second-order valence-corrected chi connectivity index (χ2v) is 1.65. The summed E-state index contributed by atoms with van der Waals surface area (Å²) in [5.74, 6) is -1.12. The summed E-state index contributed by atoms with van der Waals surface area (Å²) in [6, 6.07) is 0. The third-order valence-corrected chi connectivity index (χ3v) is 0.871. The molecule has 0 saturated carbocycles. The Kier molecular flexibility index (Phi) is 2.92. The minimum atomic E-state index is -0.775. The van der Waals surface area contributed by atoms with E-state index in [2.05, 4.69) is 0 Å². The lowest BCUT2D eigenvalue weighted by atomic mass is 10.2. The van der Waals surface area contributed by atoms with Gasteiger partial charge in [0.1, 0.15) is 0 Å². The van der Waals surface area contributed by atoms with Gasteiger partial charge in [0.15, 0.2) is 0 Å². The Balaban J connectivity index is 3.64. The highest BCUT2D eigenvalue weighted by molar-refractivity contribution is 5.71. The summed E-state index contributed by atoms with van der Waals surface area (Å²) < 4.78 is 0. The molecule has 0 aliphatic heterocycles. The molecule has 1 atom stereocenters. The highest BCUT2D eigenvalue weighted by Gasteiger charge is 2.03. The lowest BCUT2D eigenvalue weighted by Crippen LogP contribution is -2.05. The Hall–Kier alpha value is -0.790. The first-order valence-corrected chi connectivity index (χ1v) is 2.54. The number of carboxylic acids is 1. The van der Waals surface area contributed by atoms with Crippen molar-refractivity contribution >= 4 is 5.97 Å². The van der Waals surface area contributed by atoms with E-state index in [0.29, 0.717) is 0 Å². The van der Waals surface area contributed by atoms with Gasteiger partial charge in [-0.15, -0.1) is 0 Å². The Labute approximate surface area is 48.8 Å². The van der Waals surface area contributed by atoms with Gasteiger partial charge in [-0.1, -0.05) is 12.2 Å². The van der Waals surface area contributed by atoms with Gasteiger partial charge in [0.05, 0.1) is 5.92 Å². The number of carboxylic acid groups (broad SMARTS) is 1. The van der Waals surface area contributed by atoms with Gasteiger partial charge in [0.2, 0.25) is 0 Å². The van der Waals surface area contributed by atoms with Crippen LogP contribution in [-0.2, 0) is 4.79 Å². The molecule has 8 heavy (non-hydrogen) atoms. The molecule has 0 aliphatic rings. The van der Waals surface area contributed by atoms with Crippen molar-refractivity contribution in [2.45, 2.75) is 13.8 Å². The fourth-order valence-electron chi connectivity index (χ4n) is 0.371. The van der Waals surface area contributed by atoms with Crippen LogP contribution >= 0.6 is 0 Å². The van der Waals surface area contributed by atoms with Crippen molar-refractivity contribution in [3.8, 4) is 0 Å². The van der Waals surface area contributed by atoms with E-state index in [1.54, 1.807) is 26.0 Å². The SMILES string of the molecule is CC=C[C@@H](C)C(=O)O. The van der Waals surface area contributed by atoms with Gasteiger partial charge in [-0.3, -0.25) is 4.79 Å². The first kappa shape index (κ1) is 7.21. The predicted molar refractivity (Wildman–Crippen MR) is 31.6 cm³/mol. The molecule has 46 valence electrons. The molecule has 0 unspecified atom stereocenters. The number of rotatable bonds is 2. The highest BCUT2D eigenvalue weighted by atomic mass is 16.4. The zero-order chi connectivity index (χ0) is 6.57. The maximum Gasteiger partial charge on any atom is 0.310 e. The summed E-state index contributed by atoms with van der Waals surface area (Å²) in [7, 11) is 0. The molecular formula is C6H10O2. The molecule has 0 rings (SSSR count). The number of hydrogen-bond donors (Lipinski definition) is 1. The van der Waals surface area contributed by atoms with Crippen LogP contribution in [-0.4, -0.2) is 11.1 Å². The summed E-state index contributed by atoms with van der Waals surface area (Å²) in [6.45, 7) is 3.45. The van der Waals surface area contributed by atoms with Gasteiger partial charge in [0.25, 0.3) is 0 Å². The second-order valence-electron chi connectivity index (χ2n) is 1.65. The molecular weight excluding hydrogens is 104 g/mol. The molecule has 0 aliphatic carbocycles. The van der Waals surface area contributed by atoms with Crippen LogP contribution in [0.2, 0.25) is 0 Å². The molecule has 0 amide bonds. The van der Waals surface area contributed by atoms with Crippen molar-refractivity contribution in [3.05, 3.63) is 12.2 Å². The lowest BCUT2D eigenvalue weighted by molar-refractivity contribution is -0.139. The maximum absolute atomic E-state index is 10.0. The summed E-state index contributed by atoms with van der Waals surface area (Å²) in [4.78, 5) is 10.0. The van der Waals surface area contributed by atoms with Crippen molar-refractivity contribution in [2.75, 3.05) is 0 Å². The summed E-state index contributed by atoms with van der Waals surface area (Å²) in [5.41, 5.74) is 0. The summed E-state index contributed by atoms with van der Waals surface area (Å²) in [6.07, 6.45) is 3.38. The standard InChI is InChI=1S/C6H10O2/c1-3-4-5(2)6(7)8/h3-5H,1-2H3,(H,7,8)/t5-/m1/s1. The average Bonchev–Trinajstić information content (AvgIpc) is 1.67. The topological polar surface area (TPSA) is 37.3 Å². The lowest BCUT2D eigenvalue weighted by Gasteiger charge is -1.93. The molecule has 0 aromatic heterocycles. The monoisotopic (exact) mass is 114 g/mol. The molecule has 0 bridgehead atoms. The van der Waals surface area contributed by atoms with Crippen LogP contribution in [0.25, 0.3) is 0 Å². The van der Waals surface area contributed by atoms with Crippen LogP contribution in [0, 0.1) is 5.92 Å². The molecule has 0 radical (unpaired) electrons. The van der Waals surface area contributed by atoms with Crippen LogP contribution in [0.1, 0.15) is 13.8 Å². The molecule has 1 N–H and O–H groups in total. The fourth-order valence-corrected chi connectivity index (χ4v) is 0.371. The van der Waals surface area contributed by atoms with Crippen molar-refractivity contribution in [3.63, 3.8) is 0 Å². The molecule has 2 heteroatoms. The first-order chi connectivity index (χ1) is 3.68. The zero-order valence-corrected chi connectivity index (χ0v) is 5.09. The van der Waals surface area contributed by atoms with Gasteiger partial charge in [0, 0.05) is 0 Å². The van der Waals surface area contributed by atoms with Gasteiger partial charge >= 0.3 is 5.97 Å². The van der Waals surface area contributed by atoms with Crippen LogP contribution in [0.5, 0.6) is 0 Å². The zero-order valence-electron chi connectivity index (χ0n) is 5.09. The third-order valence-electron chi connectivity index (χ3n) is 0.871. The van der Waals surface area contributed by atoms with Crippen LogP contribution in [0.4, 0.5) is 0 Å². The molecule has 0 spiro atoms. The molecule has 0 fully saturated rings. The maximum atomic E-state index is 10.0. The molecule has 0 aromatic rings. The van der Waals surface area contributed by atoms with E-state index in [-0.39, 0.29) is 5.92 Å². The van der Waals surface area contributed by atoms with Gasteiger partial charge in [-0.25, -0.2) is 0 Å². The second kappa shape index (κ2) is 3.24. The smallest absolute Gasteiger partial charge is 0.310 e. The van der Waals surface area contributed by atoms with Gasteiger partial charge in [-0.05, 0) is 13.8 Å². The normalized spacial score (nSPS) is 14.2. The largest absolute Gasteiger partial charge is 0.481 e. The van der Waals surface area contributed by atoms with Gasteiger partial charge in [-0.2, -0.15) is 0 Å². The van der Waals surface area contributed by atoms with E-state index in [9.17, 15) is 4.79 Å². The van der Waals surface area contributed by atoms with E-state index in [4.69, 9.17) is 5.11 Å². The number of hydrogen-bond acceptors (Lipinski definition) is 1. The number of carbonyl (C=O) groups is 1. The molecule has 0 saturated heterocycles. The summed E-state index contributed by atoms with van der Waals surface area (Å²) in [5, 5.41) is 8.26. The van der Waals surface area contributed by atoms with Crippen molar-refractivity contribution in [1.29, 1.82) is 0 Å². The van der Waals surface area contributed by atoms with Crippen molar-refractivity contribution in [2.24, 2.45) is 5.92 Å². The molecule has 0 heterocycles. The molecule has 0 aromatic carbocycles. The van der Waals surface area contributed by atoms with Crippen LogP contribution in [0.3, 0.4) is 0 Å². The Morgan fingerprint density at radius 3 is 2.38 bits per heavy atom. The van der Waals surface area contributed by atoms with Crippen molar-refractivity contribution in [1.82, 2.24) is 0 Å². The van der Waals surface area contributed by atoms with Crippen LogP contribution in [0.15, 0.2) is 12.2 Å². The van der Waals surface area contributed by atoms with Crippen LogP contribution < -0.4 is 0 Å². The predicted octanol–water partition coefficient (Wildman–Crippen LogP) is 1.28. The number of aliphatic carboxylic acids is 1. The van der Waals surface area contributed by atoms with E-state index < -0.39 is 5.97 Å². The minimum absolute atomic E-state index is 0.347. The fraction of sp³-hybridized carbons (Fsp3) is 0.500. The highest BCUT2D eigenvalue weighted by Crippen LogP contribution is 1.94. The van der Waals surface area contributed by atoms with E-state index in [1.807, 2.05) is 0 Å². The minimum Gasteiger partial charge on any atom is -0.481 e.